The Bertz CT molecular complexity index is 770. The largest absolute Gasteiger partial charge is 0.352 e. The van der Waals surface area contributed by atoms with Crippen molar-refractivity contribution < 1.29 is 9.47 Å². The number of unbranched alkanes of at least 4 members (excludes halogenated alkanes) is 3. The van der Waals surface area contributed by atoms with Gasteiger partial charge in [0.25, 0.3) is 0 Å². The molecule has 0 radical (unpaired) electrons. The van der Waals surface area contributed by atoms with Crippen LogP contribution >= 0.6 is 0 Å². The Hall–Kier alpha value is -3.02. The summed E-state index contributed by atoms with van der Waals surface area (Å²) < 4.78 is 12.1. The summed E-state index contributed by atoms with van der Waals surface area (Å²) in [4.78, 5) is 5.93. The lowest BCUT2D eigenvalue weighted by atomic mass is 10.1. The number of ether oxygens (including phenoxy) is 2. The molecule has 0 amide bonds. The van der Waals surface area contributed by atoms with Crippen molar-refractivity contribution in [3.8, 4) is 0 Å². The molecular formula is C23H30N6O2. The maximum atomic E-state index is 8.95. The van der Waals surface area contributed by atoms with E-state index in [-0.39, 0.29) is 13.2 Å². The summed E-state index contributed by atoms with van der Waals surface area (Å²) in [5.74, 6) is 0. The van der Waals surface area contributed by atoms with Gasteiger partial charge in [0.05, 0.1) is 25.3 Å². The Labute approximate surface area is 183 Å². The zero-order valence-electron chi connectivity index (χ0n) is 18.0. The smallest absolute Gasteiger partial charge is 0.157 e. The average Bonchev–Trinajstić information content (AvgIpc) is 2.82. The van der Waals surface area contributed by atoms with Gasteiger partial charge in [-0.2, -0.15) is 0 Å². The van der Waals surface area contributed by atoms with Crippen LogP contribution in [0.25, 0.3) is 20.9 Å². The second kappa shape index (κ2) is 14.9. The molecule has 0 saturated heterocycles. The Balaban J connectivity index is 2.02. The molecule has 31 heavy (non-hydrogen) atoms. The van der Waals surface area contributed by atoms with Gasteiger partial charge < -0.3 is 9.47 Å². The second-order valence-corrected chi connectivity index (χ2v) is 7.21. The molecule has 0 aromatic heterocycles. The summed E-state index contributed by atoms with van der Waals surface area (Å²) in [6.45, 7) is 2.59. The summed E-state index contributed by atoms with van der Waals surface area (Å²) in [6, 6.07) is 18.2. The van der Waals surface area contributed by atoms with Gasteiger partial charge in [0.2, 0.25) is 0 Å². The van der Waals surface area contributed by atoms with E-state index in [1.54, 1.807) is 0 Å². The third-order valence-corrected chi connectivity index (χ3v) is 4.92. The predicted molar refractivity (Wildman–Crippen MR) is 121 cm³/mol. The van der Waals surface area contributed by atoms with Crippen LogP contribution in [-0.2, 0) is 9.47 Å². The van der Waals surface area contributed by atoms with E-state index >= 15 is 0 Å². The van der Waals surface area contributed by atoms with Crippen LogP contribution in [0.5, 0.6) is 0 Å². The van der Waals surface area contributed by atoms with Gasteiger partial charge in [0.15, 0.2) is 6.29 Å². The molecule has 8 heteroatoms. The lowest BCUT2D eigenvalue weighted by molar-refractivity contribution is -0.152. The molecule has 0 fully saturated rings. The van der Waals surface area contributed by atoms with Crippen molar-refractivity contribution in [1.82, 2.24) is 0 Å². The first-order chi connectivity index (χ1) is 15.3. The van der Waals surface area contributed by atoms with Crippen molar-refractivity contribution in [3.05, 3.63) is 92.7 Å². The van der Waals surface area contributed by atoms with Crippen LogP contribution in [0, 0.1) is 0 Å². The van der Waals surface area contributed by atoms with Gasteiger partial charge in [-0.05, 0) is 35.0 Å². The van der Waals surface area contributed by atoms with Crippen LogP contribution in [0.2, 0.25) is 0 Å². The van der Waals surface area contributed by atoms with Crippen molar-refractivity contribution in [2.24, 2.45) is 10.2 Å². The lowest BCUT2D eigenvalue weighted by Gasteiger charge is -2.23. The van der Waals surface area contributed by atoms with E-state index in [1.165, 1.54) is 0 Å². The summed E-state index contributed by atoms with van der Waals surface area (Å²) in [5.41, 5.74) is 19.7. The fourth-order valence-corrected chi connectivity index (χ4v) is 3.22. The molecule has 164 valence electrons. The van der Waals surface area contributed by atoms with Crippen LogP contribution in [0.1, 0.15) is 62.2 Å². The van der Waals surface area contributed by atoms with Gasteiger partial charge in [-0.3, -0.25) is 0 Å². The van der Waals surface area contributed by atoms with E-state index < -0.39 is 18.4 Å². The summed E-state index contributed by atoms with van der Waals surface area (Å²) in [5, 5.41) is 7.76. The fraction of sp³-hybridized carbons (Fsp3) is 0.478. The normalized spacial score (nSPS) is 13.5. The molecule has 2 rings (SSSR count). The first-order valence-corrected chi connectivity index (χ1v) is 10.7. The van der Waals surface area contributed by atoms with Gasteiger partial charge >= 0.3 is 0 Å². The van der Waals surface area contributed by atoms with Crippen LogP contribution in [0.15, 0.2) is 70.9 Å². The van der Waals surface area contributed by atoms with Crippen LogP contribution in [0.4, 0.5) is 0 Å². The summed E-state index contributed by atoms with van der Waals surface area (Å²) in [6.07, 6.45) is 4.60. The number of hydrogen-bond donors (Lipinski definition) is 0. The van der Waals surface area contributed by atoms with E-state index in [9.17, 15) is 0 Å². The number of hydrogen-bond acceptors (Lipinski definition) is 4. The number of nitrogens with zero attached hydrogens (tertiary/aromatic N) is 6. The minimum atomic E-state index is -0.475. The zero-order chi connectivity index (χ0) is 22.2. The highest BCUT2D eigenvalue weighted by molar-refractivity contribution is 5.20. The molecule has 2 aromatic rings. The van der Waals surface area contributed by atoms with Crippen LogP contribution in [0.3, 0.4) is 0 Å². The third kappa shape index (κ3) is 9.11. The molecule has 0 aliphatic rings. The average molecular weight is 423 g/mol. The number of benzene rings is 2. The van der Waals surface area contributed by atoms with Gasteiger partial charge in [-0.25, -0.2) is 0 Å². The summed E-state index contributed by atoms with van der Waals surface area (Å²) >= 11 is 0. The van der Waals surface area contributed by atoms with Gasteiger partial charge in [0.1, 0.15) is 0 Å². The van der Waals surface area contributed by atoms with Crippen molar-refractivity contribution in [2.75, 3.05) is 13.2 Å². The molecular weight excluding hydrogens is 392 g/mol. The predicted octanol–water partition coefficient (Wildman–Crippen LogP) is 7.42. The van der Waals surface area contributed by atoms with Crippen molar-refractivity contribution in [3.63, 3.8) is 0 Å². The molecule has 2 atom stereocenters. The number of rotatable bonds is 15. The van der Waals surface area contributed by atoms with Gasteiger partial charge in [-0.1, -0.05) is 97.1 Å². The van der Waals surface area contributed by atoms with E-state index in [1.807, 2.05) is 60.7 Å². The Morgan fingerprint density at radius 1 is 0.742 bits per heavy atom. The molecule has 0 aliphatic heterocycles. The van der Waals surface area contributed by atoms with Gasteiger partial charge in [0, 0.05) is 9.82 Å². The Morgan fingerprint density at radius 3 is 1.65 bits per heavy atom. The Morgan fingerprint density at radius 2 is 1.23 bits per heavy atom. The molecule has 0 spiro atoms. The first-order valence-electron chi connectivity index (χ1n) is 10.7. The highest BCUT2D eigenvalue weighted by atomic mass is 16.7. The van der Waals surface area contributed by atoms with E-state index in [0.29, 0.717) is 0 Å². The molecule has 0 saturated carbocycles. The van der Waals surface area contributed by atoms with Crippen LogP contribution in [-0.4, -0.2) is 19.5 Å². The highest BCUT2D eigenvalue weighted by Crippen LogP contribution is 2.22. The maximum absolute atomic E-state index is 8.95. The highest BCUT2D eigenvalue weighted by Gasteiger charge is 2.18. The van der Waals surface area contributed by atoms with Crippen molar-refractivity contribution in [1.29, 1.82) is 0 Å². The van der Waals surface area contributed by atoms with Gasteiger partial charge in [-0.15, -0.1) is 0 Å². The molecule has 0 aliphatic carbocycles. The monoisotopic (exact) mass is 422 g/mol. The van der Waals surface area contributed by atoms with Crippen LogP contribution < -0.4 is 0 Å². The minimum absolute atomic E-state index is 0.212. The zero-order valence-corrected chi connectivity index (χ0v) is 18.0. The Kier molecular flexibility index (Phi) is 11.6. The molecule has 2 aromatic carbocycles. The van der Waals surface area contributed by atoms with E-state index in [4.69, 9.17) is 20.5 Å². The second-order valence-electron chi connectivity index (χ2n) is 7.21. The molecule has 8 nitrogen and oxygen atoms in total. The van der Waals surface area contributed by atoms with Crippen molar-refractivity contribution >= 4 is 0 Å². The lowest BCUT2D eigenvalue weighted by Crippen LogP contribution is -2.22. The maximum Gasteiger partial charge on any atom is 0.157 e. The minimum Gasteiger partial charge on any atom is -0.352 e. The molecule has 0 N–H and O–H groups in total. The molecule has 0 heterocycles. The van der Waals surface area contributed by atoms with E-state index in [2.05, 4.69) is 27.0 Å². The quantitative estimate of drug-likeness (QED) is 0.0976. The van der Waals surface area contributed by atoms with Crippen molar-refractivity contribution in [2.45, 2.75) is 57.4 Å². The fourth-order valence-electron chi connectivity index (χ4n) is 3.22. The summed E-state index contributed by atoms with van der Waals surface area (Å²) in [7, 11) is 0. The molecule has 0 bridgehead atoms. The van der Waals surface area contributed by atoms with E-state index in [0.717, 1.165) is 43.2 Å². The SMILES string of the molecule is CCCCCCC(OCC(N=[N+]=[N-])c1ccccc1)OCC(N=[N+]=[N-])c1ccccc1. The topological polar surface area (TPSA) is 116 Å². The number of azide groups is 2. The third-order valence-electron chi connectivity index (χ3n) is 4.92. The standard InChI is InChI=1S/C23H30N6O2/c1-2-3-4-11-16-23(30-17-21(26-28-24)19-12-7-5-8-13-19)31-18-22(27-29-25)20-14-9-6-10-15-20/h5-10,12-15,21-23H,2-4,11,16-18H2,1H3. The first kappa shape index (κ1) is 24.3. The molecule has 2 unspecified atom stereocenters.